The Labute approximate surface area is 89.9 Å². The van der Waals surface area contributed by atoms with Crippen molar-refractivity contribution in [2.75, 3.05) is 24.5 Å². The Bertz CT molecular complexity index is 319. The minimum Gasteiger partial charge on any atom is -0.371 e. The fourth-order valence-electron chi connectivity index (χ4n) is 2.10. The zero-order valence-electron chi connectivity index (χ0n) is 8.82. The summed E-state index contributed by atoms with van der Waals surface area (Å²) in [6.45, 7) is 2.76. The lowest BCUT2D eigenvalue weighted by Crippen LogP contribution is -2.36. The van der Waals surface area contributed by atoms with E-state index in [1.165, 1.54) is 6.07 Å². The molecule has 0 spiro atoms. The smallest absolute Gasteiger partial charge is 0.125 e. The van der Waals surface area contributed by atoms with Gasteiger partial charge in [0.15, 0.2) is 0 Å². The van der Waals surface area contributed by atoms with Crippen molar-refractivity contribution < 1.29 is 4.39 Å². The second kappa shape index (κ2) is 4.62. The van der Waals surface area contributed by atoms with E-state index >= 15 is 0 Å². The predicted molar refractivity (Wildman–Crippen MR) is 60.4 cm³/mol. The Balaban J connectivity index is 2.01. The molecule has 1 heterocycles. The molecule has 0 atom stereocenters. The second-order valence-corrected chi connectivity index (χ2v) is 4.15. The van der Waals surface area contributed by atoms with E-state index in [4.69, 9.17) is 5.73 Å². The molecule has 3 heteroatoms. The third-order valence-electron chi connectivity index (χ3n) is 3.12. The number of piperidine rings is 1. The van der Waals surface area contributed by atoms with Crippen LogP contribution in [0.2, 0.25) is 0 Å². The van der Waals surface area contributed by atoms with Gasteiger partial charge in [0.1, 0.15) is 5.82 Å². The third kappa shape index (κ3) is 2.48. The third-order valence-corrected chi connectivity index (χ3v) is 3.12. The Kier molecular flexibility index (Phi) is 3.21. The zero-order valence-corrected chi connectivity index (χ0v) is 8.82. The minimum absolute atomic E-state index is 0.159. The van der Waals surface area contributed by atoms with Gasteiger partial charge >= 0.3 is 0 Å². The lowest BCUT2D eigenvalue weighted by atomic mass is 9.97. The van der Waals surface area contributed by atoms with E-state index in [9.17, 15) is 4.39 Å². The number of rotatable bonds is 2. The lowest BCUT2D eigenvalue weighted by Gasteiger charge is -2.33. The van der Waals surface area contributed by atoms with E-state index in [-0.39, 0.29) is 5.82 Å². The van der Waals surface area contributed by atoms with E-state index in [1.807, 2.05) is 6.07 Å². The zero-order chi connectivity index (χ0) is 10.7. The van der Waals surface area contributed by atoms with Crippen LogP contribution in [0.3, 0.4) is 0 Å². The summed E-state index contributed by atoms with van der Waals surface area (Å²) in [5, 5.41) is 0. The van der Waals surface area contributed by atoms with Crippen molar-refractivity contribution in [2.24, 2.45) is 11.7 Å². The number of halogens is 1. The van der Waals surface area contributed by atoms with Crippen LogP contribution in [0.15, 0.2) is 24.3 Å². The highest BCUT2D eigenvalue weighted by Gasteiger charge is 2.18. The van der Waals surface area contributed by atoms with Crippen molar-refractivity contribution in [3.05, 3.63) is 30.1 Å². The van der Waals surface area contributed by atoms with Crippen LogP contribution in [0.4, 0.5) is 10.1 Å². The molecule has 2 nitrogen and oxygen atoms in total. The standard InChI is InChI=1S/C12H17FN2/c13-11-2-1-3-12(8-11)15-6-4-10(9-14)5-7-15/h1-3,8,10H,4-7,9,14H2. The van der Waals surface area contributed by atoms with Gasteiger partial charge in [0.25, 0.3) is 0 Å². The molecular weight excluding hydrogens is 191 g/mol. The van der Waals surface area contributed by atoms with Crippen LogP contribution in [0.5, 0.6) is 0 Å². The van der Waals surface area contributed by atoms with Crippen molar-refractivity contribution in [3.63, 3.8) is 0 Å². The van der Waals surface area contributed by atoms with Gasteiger partial charge in [-0.05, 0) is 43.5 Å². The van der Waals surface area contributed by atoms with Gasteiger partial charge in [-0.25, -0.2) is 4.39 Å². The molecule has 15 heavy (non-hydrogen) atoms. The van der Waals surface area contributed by atoms with E-state index in [2.05, 4.69) is 4.90 Å². The molecule has 82 valence electrons. The average molecular weight is 208 g/mol. The van der Waals surface area contributed by atoms with Crippen molar-refractivity contribution in [1.82, 2.24) is 0 Å². The van der Waals surface area contributed by atoms with Crippen molar-refractivity contribution in [2.45, 2.75) is 12.8 Å². The van der Waals surface area contributed by atoms with Gasteiger partial charge in [-0.15, -0.1) is 0 Å². The van der Waals surface area contributed by atoms with Gasteiger partial charge in [-0.3, -0.25) is 0 Å². The number of hydrogen-bond donors (Lipinski definition) is 1. The molecule has 1 aromatic rings. The highest BCUT2D eigenvalue weighted by Crippen LogP contribution is 2.22. The SMILES string of the molecule is NCC1CCN(c2cccc(F)c2)CC1. The van der Waals surface area contributed by atoms with Gasteiger partial charge in [-0.1, -0.05) is 6.07 Å². The first-order valence-electron chi connectivity index (χ1n) is 5.50. The first-order valence-corrected chi connectivity index (χ1v) is 5.50. The molecule has 2 N–H and O–H groups in total. The quantitative estimate of drug-likeness (QED) is 0.805. The van der Waals surface area contributed by atoms with Gasteiger partial charge in [0.2, 0.25) is 0 Å². The minimum atomic E-state index is -0.159. The Morgan fingerprint density at radius 1 is 1.33 bits per heavy atom. The molecule has 0 aromatic heterocycles. The monoisotopic (exact) mass is 208 g/mol. The van der Waals surface area contributed by atoms with Crippen molar-refractivity contribution in [1.29, 1.82) is 0 Å². The number of hydrogen-bond acceptors (Lipinski definition) is 2. The average Bonchev–Trinajstić information content (AvgIpc) is 2.29. The molecule has 2 rings (SSSR count). The molecule has 1 fully saturated rings. The number of nitrogens with two attached hydrogens (primary N) is 1. The van der Waals surface area contributed by atoms with Gasteiger partial charge in [0, 0.05) is 18.8 Å². The predicted octanol–water partition coefficient (Wildman–Crippen LogP) is 2.00. The van der Waals surface area contributed by atoms with Gasteiger partial charge in [0.05, 0.1) is 0 Å². The molecule has 0 amide bonds. The second-order valence-electron chi connectivity index (χ2n) is 4.15. The lowest BCUT2D eigenvalue weighted by molar-refractivity contribution is 0.414. The number of benzene rings is 1. The Morgan fingerprint density at radius 3 is 2.67 bits per heavy atom. The first-order chi connectivity index (χ1) is 7.29. The molecule has 0 saturated carbocycles. The van der Waals surface area contributed by atoms with Crippen molar-refractivity contribution in [3.8, 4) is 0 Å². The van der Waals surface area contributed by atoms with E-state index in [0.29, 0.717) is 5.92 Å². The first kappa shape index (κ1) is 10.4. The van der Waals surface area contributed by atoms with E-state index in [0.717, 1.165) is 38.2 Å². The molecule has 1 aliphatic rings. The maximum Gasteiger partial charge on any atom is 0.125 e. The van der Waals surface area contributed by atoms with Crippen LogP contribution >= 0.6 is 0 Å². The van der Waals surface area contributed by atoms with Gasteiger partial charge in [-0.2, -0.15) is 0 Å². The van der Waals surface area contributed by atoms with Crippen molar-refractivity contribution >= 4 is 5.69 Å². The molecule has 0 aliphatic carbocycles. The van der Waals surface area contributed by atoms with Crippen LogP contribution in [-0.2, 0) is 0 Å². The summed E-state index contributed by atoms with van der Waals surface area (Å²) in [6, 6.07) is 6.81. The number of anilines is 1. The van der Waals surface area contributed by atoms with Crippen LogP contribution in [0.25, 0.3) is 0 Å². The molecule has 0 radical (unpaired) electrons. The normalized spacial score (nSPS) is 18.1. The molecule has 1 aromatic carbocycles. The van der Waals surface area contributed by atoms with Crippen LogP contribution in [0.1, 0.15) is 12.8 Å². The Morgan fingerprint density at radius 2 is 2.07 bits per heavy atom. The largest absolute Gasteiger partial charge is 0.371 e. The molecule has 1 saturated heterocycles. The highest BCUT2D eigenvalue weighted by molar-refractivity contribution is 5.46. The fourth-order valence-corrected chi connectivity index (χ4v) is 2.10. The van der Waals surface area contributed by atoms with Gasteiger partial charge < -0.3 is 10.6 Å². The molecule has 0 bridgehead atoms. The summed E-state index contributed by atoms with van der Waals surface area (Å²) in [5.41, 5.74) is 6.62. The summed E-state index contributed by atoms with van der Waals surface area (Å²) in [7, 11) is 0. The molecular formula is C12H17FN2. The molecule has 1 aliphatic heterocycles. The van der Waals surface area contributed by atoms with E-state index in [1.54, 1.807) is 12.1 Å². The summed E-state index contributed by atoms with van der Waals surface area (Å²) < 4.78 is 13.0. The fraction of sp³-hybridized carbons (Fsp3) is 0.500. The van der Waals surface area contributed by atoms with Crippen LogP contribution in [0, 0.1) is 11.7 Å². The van der Waals surface area contributed by atoms with Crippen LogP contribution in [-0.4, -0.2) is 19.6 Å². The summed E-state index contributed by atoms with van der Waals surface area (Å²) >= 11 is 0. The summed E-state index contributed by atoms with van der Waals surface area (Å²) in [6.07, 6.45) is 2.24. The molecule has 0 unspecified atom stereocenters. The van der Waals surface area contributed by atoms with E-state index < -0.39 is 0 Å². The maximum atomic E-state index is 13.0. The highest BCUT2D eigenvalue weighted by atomic mass is 19.1. The summed E-state index contributed by atoms with van der Waals surface area (Å²) in [4.78, 5) is 2.23. The Hall–Kier alpha value is -1.09. The number of nitrogens with zero attached hydrogens (tertiary/aromatic N) is 1. The maximum absolute atomic E-state index is 13.0. The topological polar surface area (TPSA) is 29.3 Å². The summed E-state index contributed by atoms with van der Waals surface area (Å²) in [5.74, 6) is 0.489. The van der Waals surface area contributed by atoms with Crippen LogP contribution < -0.4 is 10.6 Å².